The molecule has 1 aromatic carbocycles. The van der Waals surface area contributed by atoms with Gasteiger partial charge in [0, 0.05) is 25.6 Å². The van der Waals surface area contributed by atoms with Gasteiger partial charge < -0.3 is 15.8 Å². The summed E-state index contributed by atoms with van der Waals surface area (Å²) < 4.78 is 5.21. The molecule has 0 aliphatic heterocycles. The van der Waals surface area contributed by atoms with E-state index < -0.39 is 0 Å². The smallest absolute Gasteiger partial charge is 0.220 e. The molecule has 0 radical (unpaired) electrons. The number of benzene rings is 1. The number of ether oxygens (including phenoxy) is 1. The lowest BCUT2D eigenvalue weighted by Crippen LogP contribution is -2.31. The molecule has 0 spiro atoms. The number of nitrogens with two attached hydrogens (primary N) is 1. The van der Waals surface area contributed by atoms with Crippen LogP contribution in [0.4, 0.5) is 0 Å². The Labute approximate surface area is 114 Å². The summed E-state index contributed by atoms with van der Waals surface area (Å²) in [4.78, 5) is 11.6. The molecule has 1 amide bonds. The minimum absolute atomic E-state index is 0.00795. The summed E-state index contributed by atoms with van der Waals surface area (Å²) in [5.41, 5.74) is 7.01. The standard InChI is InChI=1S/C15H22N2O2/c1-2-10-19-11-6-9-15(18)17-12-14(16)13-7-4-3-5-8-13/h2-5,7-8,14H,1,6,9-12,16H2,(H,17,18). The predicted octanol–water partition coefficient (Wildman–Crippen LogP) is 1.79. The third kappa shape index (κ3) is 6.74. The van der Waals surface area contributed by atoms with Crippen molar-refractivity contribution in [3.8, 4) is 0 Å². The summed E-state index contributed by atoms with van der Waals surface area (Å²) in [5, 5.41) is 2.83. The van der Waals surface area contributed by atoms with E-state index in [1.807, 2.05) is 30.3 Å². The Morgan fingerprint density at radius 2 is 2.16 bits per heavy atom. The van der Waals surface area contributed by atoms with Crippen molar-refractivity contribution in [3.05, 3.63) is 48.6 Å². The van der Waals surface area contributed by atoms with Gasteiger partial charge >= 0.3 is 0 Å². The molecule has 0 heterocycles. The van der Waals surface area contributed by atoms with Crippen LogP contribution in [0.15, 0.2) is 43.0 Å². The Hall–Kier alpha value is -1.65. The molecule has 0 aliphatic carbocycles. The fourth-order valence-electron chi connectivity index (χ4n) is 1.63. The van der Waals surface area contributed by atoms with Crippen molar-refractivity contribution in [2.75, 3.05) is 19.8 Å². The van der Waals surface area contributed by atoms with E-state index in [9.17, 15) is 4.79 Å². The highest BCUT2D eigenvalue weighted by atomic mass is 16.5. The number of rotatable bonds is 9. The van der Waals surface area contributed by atoms with Gasteiger partial charge in [0.15, 0.2) is 0 Å². The van der Waals surface area contributed by atoms with Crippen LogP contribution in [0.5, 0.6) is 0 Å². The Balaban J connectivity index is 2.14. The van der Waals surface area contributed by atoms with Crippen LogP contribution in [0.1, 0.15) is 24.4 Å². The number of hydrogen-bond acceptors (Lipinski definition) is 3. The third-order valence-corrected chi connectivity index (χ3v) is 2.68. The molecule has 0 fully saturated rings. The van der Waals surface area contributed by atoms with Crippen LogP contribution in [-0.4, -0.2) is 25.7 Å². The number of amides is 1. The number of nitrogens with one attached hydrogen (secondary N) is 1. The Bertz CT molecular complexity index is 379. The van der Waals surface area contributed by atoms with Crippen molar-refractivity contribution in [2.24, 2.45) is 5.73 Å². The topological polar surface area (TPSA) is 64.3 Å². The molecule has 0 aliphatic rings. The van der Waals surface area contributed by atoms with Crippen molar-refractivity contribution >= 4 is 5.91 Å². The van der Waals surface area contributed by atoms with E-state index in [0.29, 0.717) is 32.6 Å². The first-order valence-corrected chi connectivity index (χ1v) is 6.50. The molecule has 104 valence electrons. The van der Waals surface area contributed by atoms with E-state index in [1.165, 1.54) is 0 Å². The normalized spacial score (nSPS) is 11.8. The molecule has 1 unspecified atom stereocenters. The van der Waals surface area contributed by atoms with Crippen molar-refractivity contribution in [1.82, 2.24) is 5.32 Å². The van der Waals surface area contributed by atoms with Crippen molar-refractivity contribution in [1.29, 1.82) is 0 Å². The number of carbonyl (C=O) groups is 1. The molecule has 4 heteroatoms. The van der Waals surface area contributed by atoms with E-state index in [2.05, 4.69) is 11.9 Å². The van der Waals surface area contributed by atoms with Gasteiger partial charge in [-0.2, -0.15) is 0 Å². The molecule has 0 saturated carbocycles. The van der Waals surface area contributed by atoms with Crippen molar-refractivity contribution < 1.29 is 9.53 Å². The minimum atomic E-state index is -0.165. The molecule has 3 N–H and O–H groups in total. The first kappa shape index (κ1) is 15.4. The summed E-state index contributed by atoms with van der Waals surface area (Å²) in [5.74, 6) is 0.00795. The molecule has 19 heavy (non-hydrogen) atoms. The summed E-state index contributed by atoms with van der Waals surface area (Å²) in [7, 11) is 0. The van der Waals surface area contributed by atoms with E-state index in [0.717, 1.165) is 5.56 Å². The van der Waals surface area contributed by atoms with Gasteiger partial charge in [0.2, 0.25) is 5.91 Å². The molecule has 1 rings (SSSR count). The van der Waals surface area contributed by atoms with Gasteiger partial charge in [0.1, 0.15) is 0 Å². The summed E-state index contributed by atoms with van der Waals surface area (Å²) in [6.45, 7) is 5.11. The zero-order chi connectivity index (χ0) is 13.9. The second-order valence-corrected chi connectivity index (χ2v) is 4.29. The van der Waals surface area contributed by atoms with Gasteiger partial charge in [0.25, 0.3) is 0 Å². The van der Waals surface area contributed by atoms with E-state index in [1.54, 1.807) is 6.08 Å². The lowest BCUT2D eigenvalue weighted by molar-refractivity contribution is -0.121. The Morgan fingerprint density at radius 1 is 1.42 bits per heavy atom. The average Bonchev–Trinajstić information content (AvgIpc) is 2.45. The second kappa shape index (κ2) is 9.30. The summed E-state index contributed by atoms with van der Waals surface area (Å²) >= 11 is 0. The molecular weight excluding hydrogens is 240 g/mol. The summed E-state index contributed by atoms with van der Waals surface area (Å²) in [6, 6.07) is 9.57. The highest BCUT2D eigenvalue weighted by Gasteiger charge is 2.07. The zero-order valence-electron chi connectivity index (χ0n) is 11.2. The fourth-order valence-corrected chi connectivity index (χ4v) is 1.63. The van der Waals surface area contributed by atoms with Crippen LogP contribution in [0.2, 0.25) is 0 Å². The van der Waals surface area contributed by atoms with Crippen LogP contribution in [0, 0.1) is 0 Å². The third-order valence-electron chi connectivity index (χ3n) is 2.68. The van der Waals surface area contributed by atoms with Gasteiger partial charge in [-0.05, 0) is 12.0 Å². The SMILES string of the molecule is C=CCOCCCC(=O)NCC(N)c1ccccc1. The van der Waals surface area contributed by atoms with Crippen LogP contribution >= 0.6 is 0 Å². The maximum atomic E-state index is 11.6. The molecule has 1 aromatic rings. The first-order chi connectivity index (χ1) is 9.24. The quantitative estimate of drug-likeness (QED) is 0.527. The van der Waals surface area contributed by atoms with Crippen molar-refractivity contribution in [3.63, 3.8) is 0 Å². The molecule has 0 saturated heterocycles. The highest BCUT2D eigenvalue weighted by molar-refractivity contribution is 5.75. The van der Waals surface area contributed by atoms with Gasteiger partial charge in [-0.1, -0.05) is 36.4 Å². The lowest BCUT2D eigenvalue weighted by Gasteiger charge is -2.13. The van der Waals surface area contributed by atoms with E-state index >= 15 is 0 Å². The van der Waals surface area contributed by atoms with E-state index in [-0.39, 0.29) is 11.9 Å². The van der Waals surface area contributed by atoms with Crippen LogP contribution in [-0.2, 0) is 9.53 Å². The minimum Gasteiger partial charge on any atom is -0.377 e. The molecule has 1 atom stereocenters. The largest absolute Gasteiger partial charge is 0.377 e. The Kier molecular flexibility index (Phi) is 7.54. The highest BCUT2D eigenvalue weighted by Crippen LogP contribution is 2.07. The molecule has 0 aromatic heterocycles. The number of carbonyl (C=O) groups excluding carboxylic acids is 1. The second-order valence-electron chi connectivity index (χ2n) is 4.29. The maximum Gasteiger partial charge on any atom is 0.220 e. The summed E-state index contributed by atoms with van der Waals surface area (Å²) in [6.07, 6.45) is 2.86. The average molecular weight is 262 g/mol. The van der Waals surface area contributed by atoms with Gasteiger partial charge in [0.05, 0.1) is 6.61 Å². The van der Waals surface area contributed by atoms with E-state index in [4.69, 9.17) is 10.5 Å². The monoisotopic (exact) mass is 262 g/mol. The molecular formula is C15H22N2O2. The maximum absolute atomic E-state index is 11.6. The van der Waals surface area contributed by atoms with Gasteiger partial charge in [-0.25, -0.2) is 0 Å². The van der Waals surface area contributed by atoms with Crippen LogP contribution in [0.3, 0.4) is 0 Å². The van der Waals surface area contributed by atoms with Crippen LogP contribution < -0.4 is 11.1 Å². The van der Waals surface area contributed by atoms with Gasteiger partial charge in [-0.15, -0.1) is 6.58 Å². The first-order valence-electron chi connectivity index (χ1n) is 6.50. The van der Waals surface area contributed by atoms with Gasteiger partial charge in [-0.3, -0.25) is 4.79 Å². The predicted molar refractivity (Wildman–Crippen MR) is 76.6 cm³/mol. The Morgan fingerprint density at radius 3 is 2.84 bits per heavy atom. The molecule has 0 bridgehead atoms. The fraction of sp³-hybridized carbons (Fsp3) is 0.400. The van der Waals surface area contributed by atoms with Crippen LogP contribution in [0.25, 0.3) is 0 Å². The number of hydrogen-bond donors (Lipinski definition) is 2. The van der Waals surface area contributed by atoms with Crippen molar-refractivity contribution in [2.45, 2.75) is 18.9 Å². The molecule has 4 nitrogen and oxygen atoms in total. The zero-order valence-corrected chi connectivity index (χ0v) is 11.2. The lowest BCUT2D eigenvalue weighted by atomic mass is 10.1.